The number of benzene rings is 1. The number of rotatable bonds is 5. The van der Waals surface area contributed by atoms with Crippen LogP contribution in [0.2, 0.25) is 0 Å². The van der Waals surface area contributed by atoms with Gasteiger partial charge in [-0.3, -0.25) is 4.79 Å². The molecule has 2 unspecified atom stereocenters. The van der Waals surface area contributed by atoms with Crippen molar-refractivity contribution in [3.8, 4) is 6.07 Å². The largest absolute Gasteiger partial charge is 0.481 e. The molecule has 0 saturated carbocycles. The number of carbonyl (C=O) groups is 1. The smallest absolute Gasteiger partial charge is 0.304 e. The van der Waals surface area contributed by atoms with Gasteiger partial charge in [-0.2, -0.15) is 5.26 Å². The van der Waals surface area contributed by atoms with E-state index in [2.05, 4.69) is 11.4 Å². The molecule has 1 rings (SSSR count). The fourth-order valence-corrected chi connectivity index (χ4v) is 1.69. The second kappa shape index (κ2) is 6.02. The Kier molecular flexibility index (Phi) is 4.68. The summed E-state index contributed by atoms with van der Waals surface area (Å²) in [7, 11) is 0. The Morgan fingerprint density at radius 2 is 2.00 bits per heavy atom. The topological polar surface area (TPSA) is 73.1 Å². The molecule has 4 heteroatoms. The number of aliphatic carboxylic acids is 1. The van der Waals surface area contributed by atoms with E-state index in [1.165, 1.54) is 0 Å². The third-order valence-corrected chi connectivity index (χ3v) is 2.56. The fourth-order valence-electron chi connectivity index (χ4n) is 1.69. The highest BCUT2D eigenvalue weighted by atomic mass is 16.4. The Morgan fingerprint density at radius 1 is 1.41 bits per heavy atom. The monoisotopic (exact) mass is 232 g/mol. The lowest BCUT2D eigenvalue weighted by Gasteiger charge is -2.19. The van der Waals surface area contributed by atoms with Gasteiger partial charge in [0.05, 0.1) is 18.1 Å². The van der Waals surface area contributed by atoms with Crippen molar-refractivity contribution in [2.45, 2.75) is 32.4 Å². The van der Waals surface area contributed by atoms with Crippen LogP contribution in [0.25, 0.3) is 0 Å². The number of carboxylic acids is 1. The summed E-state index contributed by atoms with van der Waals surface area (Å²) in [4.78, 5) is 10.5. The van der Waals surface area contributed by atoms with Crippen LogP contribution in [0.15, 0.2) is 24.3 Å². The number of hydrogen-bond donors (Lipinski definition) is 2. The molecule has 2 N–H and O–H groups in total. The standard InChI is InChI=1S/C13H16N2O2/c1-9(7-13(16)17)15-10(2)12-5-3-11(8-14)4-6-12/h3-6,9-10,15H,7H2,1-2H3,(H,16,17). The van der Waals surface area contributed by atoms with Crippen molar-refractivity contribution in [3.63, 3.8) is 0 Å². The molecule has 0 amide bonds. The molecule has 0 aliphatic carbocycles. The lowest BCUT2D eigenvalue weighted by Crippen LogP contribution is -2.30. The summed E-state index contributed by atoms with van der Waals surface area (Å²) in [5.74, 6) is -0.808. The maximum absolute atomic E-state index is 10.5. The molecule has 1 aromatic carbocycles. The van der Waals surface area contributed by atoms with E-state index >= 15 is 0 Å². The number of carboxylic acid groups (broad SMARTS) is 1. The van der Waals surface area contributed by atoms with Gasteiger partial charge in [0.25, 0.3) is 0 Å². The van der Waals surface area contributed by atoms with E-state index in [1.807, 2.05) is 26.0 Å². The second-order valence-electron chi connectivity index (χ2n) is 4.12. The Hall–Kier alpha value is -1.86. The molecule has 0 fully saturated rings. The molecule has 0 spiro atoms. The minimum atomic E-state index is -0.808. The Labute approximate surface area is 101 Å². The van der Waals surface area contributed by atoms with Gasteiger partial charge in [0.1, 0.15) is 0 Å². The molecule has 0 radical (unpaired) electrons. The van der Waals surface area contributed by atoms with Crippen molar-refractivity contribution in [1.82, 2.24) is 5.32 Å². The van der Waals surface area contributed by atoms with Gasteiger partial charge in [-0.05, 0) is 31.5 Å². The third kappa shape index (κ3) is 4.25. The zero-order valence-electron chi connectivity index (χ0n) is 9.97. The van der Waals surface area contributed by atoms with Gasteiger partial charge in [0, 0.05) is 12.1 Å². The first kappa shape index (κ1) is 13.2. The quantitative estimate of drug-likeness (QED) is 0.815. The predicted molar refractivity (Wildman–Crippen MR) is 64.4 cm³/mol. The van der Waals surface area contributed by atoms with E-state index in [0.717, 1.165) is 5.56 Å². The predicted octanol–water partition coefficient (Wildman–Crippen LogP) is 2.07. The van der Waals surface area contributed by atoms with Gasteiger partial charge in [0.2, 0.25) is 0 Å². The molecule has 17 heavy (non-hydrogen) atoms. The average molecular weight is 232 g/mol. The first-order valence-electron chi connectivity index (χ1n) is 5.51. The van der Waals surface area contributed by atoms with E-state index in [9.17, 15) is 4.79 Å². The number of hydrogen-bond acceptors (Lipinski definition) is 3. The molecule has 0 aliphatic heterocycles. The molecule has 2 atom stereocenters. The molecule has 0 saturated heterocycles. The minimum absolute atomic E-state index is 0.0668. The van der Waals surface area contributed by atoms with Crippen molar-refractivity contribution in [1.29, 1.82) is 5.26 Å². The molecule has 0 heterocycles. The fraction of sp³-hybridized carbons (Fsp3) is 0.385. The van der Waals surface area contributed by atoms with E-state index in [0.29, 0.717) is 5.56 Å². The van der Waals surface area contributed by atoms with Crippen LogP contribution in [0.4, 0.5) is 0 Å². The number of nitrogens with one attached hydrogen (secondary N) is 1. The summed E-state index contributed by atoms with van der Waals surface area (Å²) >= 11 is 0. The zero-order valence-corrected chi connectivity index (χ0v) is 9.97. The summed E-state index contributed by atoms with van der Waals surface area (Å²) in [5, 5.41) is 20.5. The summed E-state index contributed by atoms with van der Waals surface area (Å²) in [5.41, 5.74) is 1.67. The summed E-state index contributed by atoms with van der Waals surface area (Å²) < 4.78 is 0. The SMILES string of the molecule is CC(CC(=O)O)NC(C)c1ccc(C#N)cc1. The van der Waals surface area contributed by atoms with Crippen molar-refractivity contribution in [2.75, 3.05) is 0 Å². The van der Waals surface area contributed by atoms with Crippen LogP contribution in [0.5, 0.6) is 0 Å². The highest BCUT2D eigenvalue weighted by molar-refractivity contribution is 5.67. The number of nitrogens with zero attached hydrogens (tertiary/aromatic N) is 1. The van der Waals surface area contributed by atoms with E-state index < -0.39 is 5.97 Å². The van der Waals surface area contributed by atoms with Crippen molar-refractivity contribution in [2.24, 2.45) is 0 Å². The lowest BCUT2D eigenvalue weighted by molar-refractivity contribution is -0.137. The molecular formula is C13H16N2O2. The average Bonchev–Trinajstić information content (AvgIpc) is 2.28. The van der Waals surface area contributed by atoms with Gasteiger partial charge >= 0.3 is 5.97 Å². The highest BCUT2D eigenvalue weighted by Crippen LogP contribution is 2.14. The van der Waals surface area contributed by atoms with E-state index in [-0.39, 0.29) is 18.5 Å². The van der Waals surface area contributed by atoms with Crippen molar-refractivity contribution in [3.05, 3.63) is 35.4 Å². The van der Waals surface area contributed by atoms with Crippen LogP contribution in [0.3, 0.4) is 0 Å². The molecule has 4 nitrogen and oxygen atoms in total. The van der Waals surface area contributed by atoms with Gasteiger partial charge < -0.3 is 10.4 Å². The maximum Gasteiger partial charge on any atom is 0.304 e. The number of nitriles is 1. The Bertz CT molecular complexity index is 420. The minimum Gasteiger partial charge on any atom is -0.481 e. The third-order valence-electron chi connectivity index (χ3n) is 2.56. The van der Waals surface area contributed by atoms with Gasteiger partial charge in [-0.25, -0.2) is 0 Å². The first-order valence-corrected chi connectivity index (χ1v) is 5.51. The molecule has 0 aromatic heterocycles. The van der Waals surface area contributed by atoms with Crippen molar-refractivity contribution < 1.29 is 9.90 Å². The van der Waals surface area contributed by atoms with Crippen LogP contribution in [-0.4, -0.2) is 17.1 Å². The first-order chi connectivity index (χ1) is 8.02. The van der Waals surface area contributed by atoms with Gasteiger partial charge in [0.15, 0.2) is 0 Å². The van der Waals surface area contributed by atoms with E-state index in [1.54, 1.807) is 12.1 Å². The van der Waals surface area contributed by atoms with Crippen LogP contribution < -0.4 is 5.32 Å². The lowest BCUT2D eigenvalue weighted by atomic mass is 10.1. The molecule has 0 aliphatic rings. The highest BCUT2D eigenvalue weighted by Gasteiger charge is 2.12. The van der Waals surface area contributed by atoms with Gasteiger partial charge in [-0.15, -0.1) is 0 Å². The zero-order chi connectivity index (χ0) is 12.8. The summed E-state index contributed by atoms with van der Waals surface area (Å²) in [6.45, 7) is 3.81. The molecular weight excluding hydrogens is 216 g/mol. The normalized spacial score (nSPS) is 13.7. The molecule has 90 valence electrons. The Balaban J connectivity index is 2.60. The van der Waals surface area contributed by atoms with Gasteiger partial charge in [-0.1, -0.05) is 12.1 Å². The van der Waals surface area contributed by atoms with Crippen molar-refractivity contribution >= 4 is 5.97 Å². The van der Waals surface area contributed by atoms with Crippen LogP contribution in [-0.2, 0) is 4.79 Å². The van der Waals surface area contributed by atoms with Crippen LogP contribution in [0, 0.1) is 11.3 Å². The summed E-state index contributed by atoms with van der Waals surface area (Å²) in [6, 6.07) is 9.32. The molecule has 0 bridgehead atoms. The maximum atomic E-state index is 10.5. The molecule has 1 aromatic rings. The van der Waals surface area contributed by atoms with Crippen LogP contribution in [0.1, 0.15) is 37.4 Å². The Morgan fingerprint density at radius 3 is 2.47 bits per heavy atom. The summed E-state index contributed by atoms with van der Waals surface area (Å²) in [6.07, 6.45) is 0.0978. The van der Waals surface area contributed by atoms with E-state index in [4.69, 9.17) is 10.4 Å². The second-order valence-corrected chi connectivity index (χ2v) is 4.12. The van der Waals surface area contributed by atoms with Crippen LogP contribution >= 0.6 is 0 Å².